The lowest BCUT2D eigenvalue weighted by Gasteiger charge is -2.38. The number of nitrogens with two attached hydrogens (primary N) is 1. The third kappa shape index (κ3) is 3.54. The van der Waals surface area contributed by atoms with Crippen LogP contribution in [0.3, 0.4) is 0 Å². The molecule has 0 saturated heterocycles. The van der Waals surface area contributed by atoms with E-state index < -0.39 is 17.6 Å². The van der Waals surface area contributed by atoms with E-state index in [1.165, 1.54) is 5.56 Å². The summed E-state index contributed by atoms with van der Waals surface area (Å²) in [7, 11) is 0. The fourth-order valence-corrected chi connectivity index (χ4v) is 3.07. The van der Waals surface area contributed by atoms with E-state index in [2.05, 4.69) is 12.1 Å². The monoisotopic (exact) mass is 285 g/mol. The van der Waals surface area contributed by atoms with Gasteiger partial charge in [-0.1, -0.05) is 23.8 Å². The molecule has 1 aromatic rings. The quantitative estimate of drug-likeness (QED) is 0.861. The summed E-state index contributed by atoms with van der Waals surface area (Å²) >= 11 is 0. The average molecular weight is 285 g/mol. The molecule has 1 saturated carbocycles. The summed E-state index contributed by atoms with van der Waals surface area (Å²) in [5.74, 6) is -1.17. The minimum Gasteiger partial charge on any atom is -0.325 e. The Morgan fingerprint density at radius 1 is 1.20 bits per heavy atom. The van der Waals surface area contributed by atoms with Gasteiger partial charge in [0.05, 0.1) is 5.92 Å². The highest BCUT2D eigenvalue weighted by Crippen LogP contribution is 2.41. The van der Waals surface area contributed by atoms with Crippen molar-refractivity contribution in [3.8, 4) is 0 Å². The lowest BCUT2D eigenvalue weighted by atomic mass is 9.73. The largest absolute Gasteiger partial charge is 0.391 e. The number of hydrogen-bond acceptors (Lipinski definition) is 1. The van der Waals surface area contributed by atoms with Gasteiger partial charge in [-0.3, -0.25) is 0 Å². The molecule has 0 spiro atoms. The first kappa shape index (κ1) is 15.4. The maximum Gasteiger partial charge on any atom is 0.391 e. The van der Waals surface area contributed by atoms with Crippen LogP contribution in [0.15, 0.2) is 18.2 Å². The molecule has 112 valence electrons. The fourth-order valence-electron chi connectivity index (χ4n) is 3.07. The molecule has 0 bridgehead atoms. The van der Waals surface area contributed by atoms with Gasteiger partial charge < -0.3 is 5.73 Å². The van der Waals surface area contributed by atoms with E-state index in [9.17, 15) is 13.2 Å². The zero-order chi connectivity index (χ0) is 15.0. The predicted molar refractivity (Wildman–Crippen MR) is 74.6 cm³/mol. The molecule has 1 aliphatic rings. The number of alkyl halides is 3. The Morgan fingerprint density at radius 2 is 1.80 bits per heavy atom. The highest BCUT2D eigenvalue weighted by Gasteiger charge is 2.44. The number of halogens is 3. The minimum atomic E-state index is -4.07. The maximum absolute atomic E-state index is 12.7. The third-order valence-corrected chi connectivity index (χ3v) is 4.49. The Bertz CT molecular complexity index is 471. The van der Waals surface area contributed by atoms with Gasteiger partial charge in [-0.05, 0) is 57.1 Å². The van der Waals surface area contributed by atoms with Gasteiger partial charge in [0.1, 0.15) is 0 Å². The molecule has 1 aliphatic carbocycles. The molecule has 0 unspecified atom stereocenters. The lowest BCUT2D eigenvalue weighted by Crippen LogP contribution is -2.47. The van der Waals surface area contributed by atoms with Crippen molar-refractivity contribution in [1.82, 2.24) is 0 Å². The summed E-state index contributed by atoms with van der Waals surface area (Å²) in [4.78, 5) is 0. The summed E-state index contributed by atoms with van der Waals surface area (Å²) in [6.45, 7) is 4.05. The summed E-state index contributed by atoms with van der Waals surface area (Å²) in [5.41, 5.74) is 9.36. The second-order valence-electron chi connectivity index (χ2n) is 6.28. The standard InChI is InChI=1S/C16H22F3N/c1-11-3-4-12(2)13(9-11)10-15(20)7-5-14(6-8-15)16(17,18)19/h3-4,9,14H,5-8,10,20H2,1-2H3. The van der Waals surface area contributed by atoms with Crippen LogP contribution in [0.5, 0.6) is 0 Å². The summed E-state index contributed by atoms with van der Waals surface area (Å²) in [5, 5.41) is 0. The first-order valence-corrected chi connectivity index (χ1v) is 7.11. The molecule has 1 aromatic carbocycles. The van der Waals surface area contributed by atoms with Gasteiger partial charge in [-0.2, -0.15) is 13.2 Å². The van der Waals surface area contributed by atoms with E-state index in [1.54, 1.807) is 0 Å². The molecule has 0 aliphatic heterocycles. The molecule has 20 heavy (non-hydrogen) atoms. The molecule has 0 aromatic heterocycles. The molecule has 0 heterocycles. The van der Waals surface area contributed by atoms with Crippen LogP contribution in [0.1, 0.15) is 42.4 Å². The van der Waals surface area contributed by atoms with E-state index in [4.69, 9.17) is 5.73 Å². The molecule has 2 rings (SSSR count). The van der Waals surface area contributed by atoms with Crippen molar-refractivity contribution in [2.45, 2.75) is 57.7 Å². The zero-order valence-corrected chi connectivity index (χ0v) is 12.1. The van der Waals surface area contributed by atoms with E-state index in [0.29, 0.717) is 19.3 Å². The van der Waals surface area contributed by atoms with Gasteiger partial charge in [-0.25, -0.2) is 0 Å². The first-order chi connectivity index (χ1) is 9.20. The van der Waals surface area contributed by atoms with E-state index in [0.717, 1.165) is 11.1 Å². The lowest BCUT2D eigenvalue weighted by molar-refractivity contribution is -0.184. The van der Waals surface area contributed by atoms with Crippen molar-refractivity contribution in [3.63, 3.8) is 0 Å². The van der Waals surface area contributed by atoms with Crippen LogP contribution in [0.4, 0.5) is 13.2 Å². The highest BCUT2D eigenvalue weighted by atomic mass is 19.4. The number of aryl methyl sites for hydroxylation is 2. The van der Waals surface area contributed by atoms with Crippen LogP contribution in [-0.4, -0.2) is 11.7 Å². The smallest absolute Gasteiger partial charge is 0.325 e. The Hall–Kier alpha value is -1.03. The maximum atomic E-state index is 12.7. The number of rotatable bonds is 2. The van der Waals surface area contributed by atoms with Crippen LogP contribution in [0.25, 0.3) is 0 Å². The van der Waals surface area contributed by atoms with Crippen LogP contribution in [-0.2, 0) is 6.42 Å². The van der Waals surface area contributed by atoms with E-state index >= 15 is 0 Å². The van der Waals surface area contributed by atoms with Crippen molar-refractivity contribution < 1.29 is 13.2 Å². The third-order valence-electron chi connectivity index (χ3n) is 4.49. The van der Waals surface area contributed by atoms with Gasteiger partial charge in [0.15, 0.2) is 0 Å². The highest BCUT2D eigenvalue weighted by molar-refractivity contribution is 5.32. The van der Waals surface area contributed by atoms with Crippen LogP contribution >= 0.6 is 0 Å². The van der Waals surface area contributed by atoms with Gasteiger partial charge in [0.2, 0.25) is 0 Å². The van der Waals surface area contributed by atoms with Gasteiger partial charge in [0.25, 0.3) is 0 Å². The van der Waals surface area contributed by atoms with Crippen LogP contribution in [0, 0.1) is 19.8 Å². The molecule has 1 fully saturated rings. The second-order valence-corrected chi connectivity index (χ2v) is 6.28. The number of hydrogen-bond donors (Lipinski definition) is 1. The van der Waals surface area contributed by atoms with Crippen molar-refractivity contribution in [2.24, 2.45) is 11.7 Å². The van der Waals surface area contributed by atoms with E-state index in [1.807, 2.05) is 19.9 Å². The van der Waals surface area contributed by atoms with Crippen LogP contribution in [0.2, 0.25) is 0 Å². The normalized spacial score (nSPS) is 27.6. The van der Waals surface area contributed by atoms with Crippen molar-refractivity contribution >= 4 is 0 Å². The minimum absolute atomic E-state index is 0.158. The Balaban J connectivity index is 2.05. The molecule has 0 amide bonds. The SMILES string of the molecule is Cc1ccc(C)c(CC2(N)CCC(C(F)(F)F)CC2)c1. The van der Waals surface area contributed by atoms with Crippen molar-refractivity contribution in [3.05, 3.63) is 34.9 Å². The van der Waals surface area contributed by atoms with Crippen molar-refractivity contribution in [1.29, 1.82) is 0 Å². The second kappa shape index (κ2) is 5.40. The Morgan fingerprint density at radius 3 is 2.35 bits per heavy atom. The molecule has 2 N–H and O–H groups in total. The van der Waals surface area contributed by atoms with Gasteiger partial charge >= 0.3 is 6.18 Å². The van der Waals surface area contributed by atoms with Crippen LogP contribution < -0.4 is 5.73 Å². The van der Waals surface area contributed by atoms with Gasteiger partial charge in [-0.15, -0.1) is 0 Å². The summed E-state index contributed by atoms with van der Waals surface area (Å²) < 4.78 is 38.1. The first-order valence-electron chi connectivity index (χ1n) is 7.11. The number of benzene rings is 1. The van der Waals surface area contributed by atoms with E-state index in [-0.39, 0.29) is 12.8 Å². The average Bonchev–Trinajstić information content (AvgIpc) is 2.33. The van der Waals surface area contributed by atoms with Crippen molar-refractivity contribution in [2.75, 3.05) is 0 Å². The zero-order valence-electron chi connectivity index (χ0n) is 12.1. The summed E-state index contributed by atoms with van der Waals surface area (Å²) in [6.07, 6.45) is -2.18. The molecule has 1 nitrogen and oxygen atoms in total. The Labute approximate surface area is 118 Å². The molecular formula is C16H22F3N. The molecule has 4 heteroatoms. The Kier molecular flexibility index (Phi) is 4.14. The molecule has 0 atom stereocenters. The molecular weight excluding hydrogens is 263 g/mol. The summed E-state index contributed by atoms with van der Waals surface area (Å²) in [6, 6.07) is 6.19. The topological polar surface area (TPSA) is 26.0 Å². The predicted octanol–water partition coefficient (Wildman–Crippen LogP) is 4.30. The van der Waals surface area contributed by atoms with Gasteiger partial charge in [0, 0.05) is 5.54 Å². The molecule has 0 radical (unpaired) electrons. The fraction of sp³-hybridized carbons (Fsp3) is 0.625.